The molecule has 1 aromatic carbocycles. The van der Waals surface area contributed by atoms with Crippen molar-refractivity contribution in [3.63, 3.8) is 0 Å². The molecule has 11 nitrogen and oxygen atoms in total. The first-order chi connectivity index (χ1) is 17.5. The highest BCUT2D eigenvalue weighted by Gasteiger charge is 2.34. The van der Waals surface area contributed by atoms with Gasteiger partial charge in [-0.05, 0) is 30.7 Å². The lowest BCUT2D eigenvalue weighted by Gasteiger charge is -2.34. The number of hydrogen-bond acceptors (Lipinski definition) is 9. The van der Waals surface area contributed by atoms with E-state index in [9.17, 15) is 9.59 Å². The van der Waals surface area contributed by atoms with Crippen LogP contribution in [-0.4, -0.2) is 83.7 Å². The van der Waals surface area contributed by atoms with Gasteiger partial charge in [-0.15, -0.1) is 0 Å². The molecule has 1 unspecified atom stereocenters. The maximum Gasteiger partial charge on any atom is 0.324 e. The number of ether oxygens (including phenoxy) is 1. The van der Waals surface area contributed by atoms with Gasteiger partial charge in [0.1, 0.15) is 0 Å². The molecule has 1 atom stereocenters. The average Bonchev–Trinajstić information content (AvgIpc) is 3.59. The molecule has 4 heterocycles. The number of nitrogens with zero attached hydrogens (tertiary/aromatic N) is 7. The lowest BCUT2D eigenvalue weighted by molar-refractivity contribution is -0.135. The molecule has 12 heteroatoms. The minimum atomic E-state index is -0.171. The third-order valence-electron chi connectivity index (χ3n) is 6.64. The first-order valence-corrected chi connectivity index (χ1v) is 12.3. The Labute approximate surface area is 213 Å². The number of halogens is 1. The van der Waals surface area contributed by atoms with Crippen molar-refractivity contribution in [2.45, 2.75) is 13.0 Å². The van der Waals surface area contributed by atoms with E-state index in [1.807, 2.05) is 21.9 Å². The van der Waals surface area contributed by atoms with Crippen LogP contribution in [0.5, 0.6) is 0 Å². The lowest BCUT2D eigenvalue weighted by atomic mass is 10.1. The molecular weight excluding hydrogens is 486 g/mol. The fourth-order valence-corrected chi connectivity index (χ4v) is 4.70. The van der Waals surface area contributed by atoms with Crippen LogP contribution in [-0.2, 0) is 16.1 Å². The summed E-state index contributed by atoms with van der Waals surface area (Å²) < 4.78 is 11.9. The fourth-order valence-electron chi connectivity index (χ4n) is 4.58. The van der Waals surface area contributed by atoms with Gasteiger partial charge in [0.05, 0.1) is 31.0 Å². The molecule has 0 spiro atoms. The zero-order valence-electron chi connectivity index (χ0n) is 20.0. The number of anilines is 2. The lowest BCUT2D eigenvalue weighted by Crippen LogP contribution is -2.50. The number of benzene rings is 1. The molecule has 2 aromatic heterocycles. The summed E-state index contributed by atoms with van der Waals surface area (Å²) in [5, 5.41) is 8.97. The van der Waals surface area contributed by atoms with Gasteiger partial charge in [0.25, 0.3) is 5.56 Å². The SMILES string of the molecule is COCCn1ncc(N2CCC(C(=O)N3CCN(c4nc(-c5ccc(Cl)cc5)no4)CC3)C2)cc1=O. The summed E-state index contributed by atoms with van der Waals surface area (Å²) in [5.41, 5.74) is 1.41. The zero-order chi connectivity index (χ0) is 25.1. The topological polar surface area (TPSA) is 110 Å². The first-order valence-electron chi connectivity index (χ1n) is 12.0. The van der Waals surface area contributed by atoms with E-state index in [4.69, 9.17) is 20.9 Å². The molecule has 2 saturated heterocycles. The van der Waals surface area contributed by atoms with Crippen LogP contribution in [0.3, 0.4) is 0 Å². The second kappa shape index (κ2) is 10.7. The standard InChI is InChI=1S/C24H28ClN7O4/c1-35-13-12-32-21(33)14-20(15-26-32)31-7-6-18(16-31)23(34)29-8-10-30(11-9-29)24-27-22(28-36-24)17-2-4-19(25)5-3-17/h2-5,14-15,18H,6-13,16H2,1H3. The highest BCUT2D eigenvalue weighted by Crippen LogP contribution is 2.26. The van der Waals surface area contributed by atoms with Crippen LogP contribution < -0.4 is 15.4 Å². The normalized spacial score (nSPS) is 18.2. The van der Waals surface area contributed by atoms with Crippen molar-refractivity contribution in [2.24, 2.45) is 5.92 Å². The summed E-state index contributed by atoms with van der Waals surface area (Å²) >= 11 is 5.95. The van der Waals surface area contributed by atoms with Crippen LogP contribution in [0.15, 0.2) is 45.8 Å². The molecule has 36 heavy (non-hydrogen) atoms. The maximum absolute atomic E-state index is 13.2. The number of carbonyl (C=O) groups is 1. The first kappa shape index (κ1) is 24.3. The van der Waals surface area contributed by atoms with Gasteiger partial charge < -0.3 is 24.0 Å². The predicted molar refractivity (Wildman–Crippen MR) is 134 cm³/mol. The molecule has 1 amide bonds. The Morgan fingerprint density at radius 3 is 2.64 bits per heavy atom. The van der Waals surface area contributed by atoms with E-state index >= 15 is 0 Å². The molecule has 5 rings (SSSR count). The molecule has 0 saturated carbocycles. The Morgan fingerprint density at radius 2 is 1.92 bits per heavy atom. The fraction of sp³-hybridized carbons (Fsp3) is 0.458. The van der Waals surface area contributed by atoms with Crippen molar-refractivity contribution >= 4 is 29.2 Å². The van der Waals surface area contributed by atoms with Gasteiger partial charge in [0.15, 0.2) is 0 Å². The van der Waals surface area contributed by atoms with E-state index in [1.54, 1.807) is 31.5 Å². The van der Waals surface area contributed by atoms with E-state index in [0.29, 0.717) is 62.7 Å². The van der Waals surface area contributed by atoms with Crippen LogP contribution in [0.1, 0.15) is 6.42 Å². The van der Waals surface area contributed by atoms with E-state index in [-0.39, 0.29) is 17.4 Å². The van der Waals surface area contributed by atoms with Gasteiger partial charge in [-0.1, -0.05) is 16.8 Å². The van der Waals surface area contributed by atoms with Gasteiger partial charge in [-0.3, -0.25) is 9.59 Å². The monoisotopic (exact) mass is 513 g/mol. The van der Waals surface area contributed by atoms with Crippen molar-refractivity contribution in [3.8, 4) is 11.4 Å². The number of aromatic nitrogens is 4. The Balaban J connectivity index is 1.14. The van der Waals surface area contributed by atoms with Crippen LogP contribution in [0.2, 0.25) is 5.02 Å². The average molecular weight is 514 g/mol. The molecule has 2 fully saturated rings. The van der Waals surface area contributed by atoms with E-state index in [1.165, 1.54) is 4.68 Å². The highest BCUT2D eigenvalue weighted by molar-refractivity contribution is 6.30. The van der Waals surface area contributed by atoms with Crippen molar-refractivity contribution in [1.82, 2.24) is 24.8 Å². The van der Waals surface area contributed by atoms with Gasteiger partial charge in [0.2, 0.25) is 11.7 Å². The van der Waals surface area contributed by atoms with E-state index in [2.05, 4.69) is 20.1 Å². The second-order valence-corrected chi connectivity index (χ2v) is 9.36. The van der Waals surface area contributed by atoms with Crippen LogP contribution in [0.4, 0.5) is 11.7 Å². The van der Waals surface area contributed by atoms with E-state index < -0.39 is 0 Å². The summed E-state index contributed by atoms with van der Waals surface area (Å²) in [4.78, 5) is 36.0. The van der Waals surface area contributed by atoms with Gasteiger partial charge in [-0.2, -0.15) is 10.1 Å². The van der Waals surface area contributed by atoms with Crippen molar-refractivity contribution in [1.29, 1.82) is 0 Å². The van der Waals surface area contributed by atoms with Crippen LogP contribution in [0, 0.1) is 5.92 Å². The summed E-state index contributed by atoms with van der Waals surface area (Å²) in [7, 11) is 1.59. The zero-order valence-corrected chi connectivity index (χ0v) is 20.8. The minimum absolute atomic E-state index is 0.104. The Morgan fingerprint density at radius 1 is 1.14 bits per heavy atom. The van der Waals surface area contributed by atoms with Gasteiger partial charge in [-0.25, -0.2) is 4.68 Å². The molecule has 0 radical (unpaired) electrons. The molecule has 2 aliphatic heterocycles. The molecule has 0 N–H and O–H groups in total. The van der Waals surface area contributed by atoms with Crippen molar-refractivity contribution < 1.29 is 14.1 Å². The molecule has 0 aliphatic carbocycles. The Kier molecular flexibility index (Phi) is 7.19. The third-order valence-corrected chi connectivity index (χ3v) is 6.90. The Bertz CT molecular complexity index is 1250. The second-order valence-electron chi connectivity index (χ2n) is 8.92. The van der Waals surface area contributed by atoms with Gasteiger partial charge in [0, 0.05) is 63.0 Å². The molecular formula is C24H28ClN7O4. The van der Waals surface area contributed by atoms with E-state index in [0.717, 1.165) is 24.2 Å². The third kappa shape index (κ3) is 5.21. The predicted octanol–water partition coefficient (Wildman–Crippen LogP) is 1.77. The largest absolute Gasteiger partial charge is 0.383 e. The number of piperazine rings is 1. The van der Waals surface area contributed by atoms with Gasteiger partial charge >= 0.3 is 6.01 Å². The number of amides is 1. The quantitative estimate of drug-likeness (QED) is 0.466. The highest BCUT2D eigenvalue weighted by atomic mass is 35.5. The number of methoxy groups -OCH3 is 1. The smallest absolute Gasteiger partial charge is 0.324 e. The molecule has 0 bridgehead atoms. The molecule has 2 aliphatic rings. The van der Waals surface area contributed by atoms with Crippen molar-refractivity contribution in [2.75, 3.05) is 62.8 Å². The molecule has 3 aromatic rings. The maximum atomic E-state index is 13.2. The minimum Gasteiger partial charge on any atom is -0.383 e. The molecule has 190 valence electrons. The Hall–Kier alpha value is -3.44. The summed E-state index contributed by atoms with van der Waals surface area (Å²) in [6.45, 7) is 4.55. The van der Waals surface area contributed by atoms with Crippen LogP contribution >= 0.6 is 11.6 Å². The summed E-state index contributed by atoms with van der Waals surface area (Å²) in [6, 6.07) is 9.30. The summed E-state index contributed by atoms with van der Waals surface area (Å²) in [5.74, 6) is 0.547. The summed E-state index contributed by atoms with van der Waals surface area (Å²) in [6.07, 6.45) is 2.44. The van der Waals surface area contributed by atoms with Crippen LogP contribution in [0.25, 0.3) is 11.4 Å². The van der Waals surface area contributed by atoms with Crippen molar-refractivity contribution in [3.05, 3.63) is 51.9 Å². The number of rotatable bonds is 7. The number of carbonyl (C=O) groups excluding carboxylic acids is 1. The number of hydrogen-bond donors (Lipinski definition) is 0.